The van der Waals surface area contributed by atoms with Gasteiger partial charge >= 0.3 is 0 Å². The maximum atomic E-state index is 5.89. The van der Waals surface area contributed by atoms with E-state index in [0.717, 1.165) is 11.4 Å². The van der Waals surface area contributed by atoms with Crippen molar-refractivity contribution in [3.63, 3.8) is 0 Å². The Bertz CT molecular complexity index is 531. The van der Waals surface area contributed by atoms with Gasteiger partial charge in [0.15, 0.2) is 16.7 Å². The van der Waals surface area contributed by atoms with Crippen LogP contribution in [-0.2, 0) is 6.54 Å². The lowest BCUT2D eigenvalue weighted by Crippen LogP contribution is -2.06. The van der Waals surface area contributed by atoms with Gasteiger partial charge in [0.1, 0.15) is 6.33 Å². The topological polar surface area (TPSA) is 72.8 Å². The van der Waals surface area contributed by atoms with Gasteiger partial charge in [0.05, 0.1) is 31.2 Å². The summed E-state index contributed by atoms with van der Waals surface area (Å²) in [6.45, 7) is 2.37. The van der Waals surface area contributed by atoms with E-state index in [-0.39, 0.29) is 5.15 Å². The van der Waals surface area contributed by atoms with Gasteiger partial charge in [-0.25, -0.2) is 9.97 Å². The predicted molar refractivity (Wildman–Crippen MR) is 67.7 cm³/mol. The molecule has 0 aliphatic carbocycles. The van der Waals surface area contributed by atoms with Crippen molar-refractivity contribution < 1.29 is 4.74 Å². The van der Waals surface area contributed by atoms with Gasteiger partial charge in [0.2, 0.25) is 0 Å². The molecule has 0 amide bonds. The van der Waals surface area contributed by atoms with Crippen LogP contribution in [0, 0.1) is 6.92 Å². The molecule has 0 saturated carbocycles. The van der Waals surface area contributed by atoms with Crippen LogP contribution in [-0.4, -0.2) is 27.0 Å². The fourth-order valence-corrected chi connectivity index (χ4v) is 1.55. The molecule has 1 N–H and O–H groups in total. The number of nitrogens with one attached hydrogen (secondary N) is 1. The number of anilines is 1. The molecule has 0 aliphatic rings. The summed E-state index contributed by atoms with van der Waals surface area (Å²) in [6.07, 6.45) is 4.78. The molecule has 7 heteroatoms. The Kier molecular flexibility index (Phi) is 3.88. The van der Waals surface area contributed by atoms with Crippen LogP contribution in [0.3, 0.4) is 0 Å². The van der Waals surface area contributed by atoms with E-state index in [4.69, 9.17) is 16.3 Å². The molecule has 0 unspecified atom stereocenters. The molecule has 0 bridgehead atoms. The third kappa shape index (κ3) is 2.84. The second-order valence-electron chi connectivity index (χ2n) is 3.55. The molecule has 0 radical (unpaired) electrons. The number of nitrogens with zero attached hydrogens (tertiary/aromatic N) is 4. The fourth-order valence-electron chi connectivity index (χ4n) is 1.34. The van der Waals surface area contributed by atoms with Gasteiger partial charge in [-0.2, -0.15) is 0 Å². The summed E-state index contributed by atoms with van der Waals surface area (Å²) in [5, 5.41) is 3.35. The Hall–Kier alpha value is -1.95. The van der Waals surface area contributed by atoms with E-state index in [2.05, 4.69) is 25.3 Å². The van der Waals surface area contributed by atoms with Crippen LogP contribution in [0.2, 0.25) is 5.15 Å². The first-order valence-electron chi connectivity index (χ1n) is 5.26. The van der Waals surface area contributed by atoms with Crippen molar-refractivity contribution in [3.8, 4) is 5.75 Å². The summed E-state index contributed by atoms with van der Waals surface area (Å²) in [6, 6.07) is 0. The van der Waals surface area contributed by atoms with E-state index in [0.29, 0.717) is 18.1 Å². The third-order valence-electron chi connectivity index (χ3n) is 2.24. The first kappa shape index (κ1) is 12.5. The molecule has 0 fully saturated rings. The van der Waals surface area contributed by atoms with Crippen molar-refractivity contribution in [2.75, 3.05) is 12.4 Å². The van der Waals surface area contributed by atoms with Crippen LogP contribution in [0.4, 0.5) is 5.82 Å². The highest BCUT2D eigenvalue weighted by Crippen LogP contribution is 2.28. The molecule has 0 aromatic carbocycles. The van der Waals surface area contributed by atoms with Gasteiger partial charge in [0, 0.05) is 6.20 Å². The molecule has 0 aliphatic heterocycles. The van der Waals surface area contributed by atoms with E-state index >= 15 is 0 Å². The zero-order chi connectivity index (χ0) is 13.0. The highest BCUT2D eigenvalue weighted by atomic mass is 35.5. The number of rotatable bonds is 4. The molecule has 2 rings (SSSR count). The van der Waals surface area contributed by atoms with E-state index in [1.54, 1.807) is 12.4 Å². The van der Waals surface area contributed by atoms with Gasteiger partial charge in [-0.3, -0.25) is 9.97 Å². The number of ether oxygens (including phenoxy) is 1. The third-order valence-corrected chi connectivity index (χ3v) is 2.51. The molecule has 2 aromatic rings. The van der Waals surface area contributed by atoms with Crippen molar-refractivity contribution in [2.45, 2.75) is 13.5 Å². The van der Waals surface area contributed by atoms with Crippen LogP contribution < -0.4 is 10.1 Å². The number of hydrogen-bond donors (Lipinski definition) is 1. The average molecular weight is 266 g/mol. The normalized spacial score (nSPS) is 10.2. The van der Waals surface area contributed by atoms with Crippen LogP contribution in [0.25, 0.3) is 0 Å². The standard InChI is InChI=1S/C11H12ClN5O/c1-7-3-14-8(4-13-7)5-15-11-9(18-2)10(12)16-6-17-11/h3-4,6H,5H2,1-2H3,(H,15,16,17). The Balaban J connectivity index is 2.10. The smallest absolute Gasteiger partial charge is 0.198 e. The summed E-state index contributed by atoms with van der Waals surface area (Å²) in [4.78, 5) is 16.3. The maximum Gasteiger partial charge on any atom is 0.198 e. The SMILES string of the molecule is COc1c(Cl)ncnc1NCc1cnc(C)cn1. The Morgan fingerprint density at radius 3 is 2.72 bits per heavy atom. The lowest BCUT2D eigenvalue weighted by Gasteiger charge is -2.09. The van der Waals surface area contributed by atoms with E-state index in [9.17, 15) is 0 Å². The molecule has 0 atom stereocenters. The van der Waals surface area contributed by atoms with Crippen molar-refractivity contribution in [3.05, 3.63) is 35.3 Å². The van der Waals surface area contributed by atoms with Crippen molar-refractivity contribution in [1.29, 1.82) is 0 Å². The number of halogens is 1. The average Bonchev–Trinajstić information content (AvgIpc) is 2.38. The molecular formula is C11H12ClN5O. The van der Waals surface area contributed by atoms with E-state index < -0.39 is 0 Å². The second kappa shape index (κ2) is 5.59. The largest absolute Gasteiger partial charge is 0.490 e. The van der Waals surface area contributed by atoms with Crippen molar-refractivity contribution in [1.82, 2.24) is 19.9 Å². The molecule has 2 aromatic heterocycles. The van der Waals surface area contributed by atoms with Gasteiger partial charge < -0.3 is 10.1 Å². The van der Waals surface area contributed by atoms with Crippen LogP contribution in [0.5, 0.6) is 5.75 Å². The number of methoxy groups -OCH3 is 1. The zero-order valence-corrected chi connectivity index (χ0v) is 10.8. The first-order chi connectivity index (χ1) is 8.70. The zero-order valence-electron chi connectivity index (χ0n) is 10.0. The van der Waals surface area contributed by atoms with Gasteiger partial charge in [-0.05, 0) is 6.92 Å². The molecule has 2 heterocycles. The van der Waals surface area contributed by atoms with Crippen LogP contribution in [0.1, 0.15) is 11.4 Å². The summed E-state index contributed by atoms with van der Waals surface area (Å²) in [7, 11) is 1.52. The van der Waals surface area contributed by atoms with E-state index in [1.807, 2.05) is 6.92 Å². The lowest BCUT2D eigenvalue weighted by molar-refractivity contribution is 0.413. The highest BCUT2D eigenvalue weighted by Gasteiger charge is 2.09. The minimum Gasteiger partial charge on any atom is -0.490 e. The molecule has 0 saturated heterocycles. The molecule has 94 valence electrons. The Morgan fingerprint density at radius 1 is 1.22 bits per heavy atom. The first-order valence-corrected chi connectivity index (χ1v) is 5.64. The molecule has 6 nitrogen and oxygen atoms in total. The second-order valence-corrected chi connectivity index (χ2v) is 3.91. The number of hydrogen-bond acceptors (Lipinski definition) is 6. The monoisotopic (exact) mass is 265 g/mol. The van der Waals surface area contributed by atoms with E-state index in [1.165, 1.54) is 13.4 Å². The Labute approximate surface area is 109 Å². The lowest BCUT2D eigenvalue weighted by atomic mass is 10.4. The van der Waals surface area contributed by atoms with Crippen LogP contribution >= 0.6 is 11.6 Å². The summed E-state index contributed by atoms with van der Waals surface area (Å²) in [5.74, 6) is 0.944. The summed E-state index contributed by atoms with van der Waals surface area (Å²) < 4.78 is 5.13. The molecular weight excluding hydrogens is 254 g/mol. The fraction of sp³-hybridized carbons (Fsp3) is 0.273. The molecule has 18 heavy (non-hydrogen) atoms. The van der Waals surface area contributed by atoms with Crippen LogP contribution in [0.15, 0.2) is 18.7 Å². The summed E-state index contributed by atoms with van der Waals surface area (Å²) >= 11 is 5.89. The maximum absolute atomic E-state index is 5.89. The Morgan fingerprint density at radius 2 is 2.06 bits per heavy atom. The van der Waals surface area contributed by atoms with Crippen molar-refractivity contribution >= 4 is 17.4 Å². The van der Waals surface area contributed by atoms with Gasteiger partial charge in [0.25, 0.3) is 0 Å². The van der Waals surface area contributed by atoms with Crippen molar-refractivity contribution in [2.24, 2.45) is 0 Å². The minimum absolute atomic E-state index is 0.269. The number of aryl methyl sites for hydroxylation is 1. The highest BCUT2D eigenvalue weighted by molar-refractivity contribution is 6.31. The summed E-state index contributed by atoms with van der Waals surface area (Å²) in [5.41, 5.74) is 1.68. The van der Waals surface area contributed by atoms with Gasteiger partial charge in [-0.1, -0.05) is 11.6 Å². The predicted octanol–water partition coefficient (Wildman–Crippen LogP) is 1.85. The van der Waals surface area contributed by atoms with Gasteiger partial charge in [-0.15, -0.1) is 0 Å². The minimum atomic E-state index is 0.269. The number of aromatic nitrogens is 4. The molecule has 0 spiro atoms. The quantitative estimate of drug-likeness (QED) is 0.851.